The van der Waals surface area contributed by atoms with E-state index in [2.05, 4.69) is 35.1 Å². The molecule has 1 rings (SSSR count). The summed E-state index contributed by atoms with van der Waals surface area (Å²) in [5, 5.41) is 3.06. The van der Waals surface area contributed by atoms with Crippen molar-refractivity contribution < 1.29 is 4.79 Å². The predicted octanol–water partition coefficient (Wildman–Crippen LogP) is 3.36. The fraction of sp³-hybridized carbons (Fsp3) is 0.643. The Morgan fingerprint density at radius 2 is 2.00 bits per heavy atom. The Labute approximate surface area is 136 Å². The zero-order valence-electron chi connectivity index (χ0n) is 12.7. The van der Waals surface area contributed by atoms with Crippen molar-refractivity contribution in [1.82, 2.24) is 9.88 Å². The van der Waals surface area contributed by atoms with Gasteiger partial charge in [-0.15, -0.1) is 12.4 Å². The SMILES string of the molecule is CC(C)n1cc(Br)cc1C(=O)NC(C)(CN)C(C)C.Cl. The van der Waals surface area contributed by atoms with Crippen LogP contribution in [0.25, 0.3) is 0 Å². The fourth-order valence-corrected chi connectivity index (χ4v) is 2.25. The number of carbonyl (C=O) groups is 1. The average Bonchev–Trinajstić information content (AvgIpc) is 2.71. The summed E-state index contributed by atoms with van der Waals surface area (Å²) in [4.78, 5) is 12.5. The molecule has 0 spiro atoms. The van der Waals surface area contributed by atoms with Crippen molar-refractivity contribution in [3.8, 4) is 0 Å². The Balaban J connectivity index is 0.00000361. The molecule has 0 fully saturated rings. The lowest BCUT2D eigenvalue weighted by molar-refractivity contribution is 0.0872. The molecule has 0 aromatic carbocycles. The lowest BCUT2D eigenvalue weighted by atomic mass is 9.88. The highest BCUT2D eigenvalue weighted by Crippen LogP contribution is 2.21. The number of nitrogens with one attached hydrogen (secondary N) is 1. The van der Waals surface area contributed by atoms with Crippen LogP contribution >= 0.6 is 28.3 Å². The van der Waals surface area contributed by atoms with Gasteiger partial charge in [-0.25, -0.2) is 0 Å². The molecule has 1 amide bonds. The standard InChI is InChI=1S/C14H24BrN3O.ClH/c1-9(2)14(5,8-16)17-13(19)12-6-11(15)7-18(12)10(3)4;/h6-7,9-10H,8,16H2,1-5H3,(H,17,19);1H. The third-order valence-electron chi connectivity index (χ3n) is 3.70. The van der Waals surface area contributed by atoms with Gasteiger partial charge < -0.3 is 15.6 Å². The topological polar surface area (TPSA) is 60.0 Å². The molecule has 1 heterocycles. The first-order chi connectivity index (χ1) is 8.71. The van der Waals surface area contributed by atoms with E-state index in [-0.39, 0.29) is 30.3 Å². The van der Waals surface area contributed by atoms with E-state index in [0.717, 1.165) is 4.47 Å². The summed E-state index contributed by atoms with van der Waals surface area (Å²) in [5.74, 6) is 0.188. The molecule has 6 heteroatoms. The van der Waals surface area contributed by atoms with Crippen LogP contribution in [0.4, 0.5) is 0 Å². The molecule has 0 aliphatic carbocycles. The van der Waals surface area contributed by atoms with E-state index in [0.29, 0.717) is 12.2 Å². The van der Waals surface area contributed by atoms with Crippen molar-refractivity contribution in [2.75, 3.05) is 6.54 Å². The highest BCUT2D eigenvalue weighted by Gasteiger charge is 2.30. The van der Waals surface area contributed by atoms with Crippen molar-refractivity contribution >= 4 is 34.2 Å². The Bertz CT molecular complexity index is 459. The van der Waals surface area contributed by atoms with Gasteiger partial charge in [-0.1, -0.05) is 13.8 Å². The summed E-state index contributed by atoms with van der Waals surface area (Å²) >= 11 is 3.42. The fourth-order valence-electron chi connectivity index (χ4n) is 1.81. The van der Waals surface area contributed by atoms with Crippen LogP contribution in [0.1, 0.15) is 51.1 Å². The number of amides is 1. The molecule has 0 bridgehead atoms. The largest absolute Gasteiger partial charge is 0.344 e. The summed E-state index contributed by atoms with van der Waals surface area (Å²) in [5.41, 5.74) is 6.07. The summed E-state index contributed by atoms with van der Waals surface area (Å²) < 4.78 is 2.86. The molecule has 0 radical (unpaired) electrons. The van der Waals surface area contributed by atoms with E-state index >= 15 is 0 Å². The van der Waals surface area contributed by atoms with Gasteiger partial charge in [0.25, 0.3) is 5.91 Å². The van der Waals surface area contributed by atoms with E-state index in [4.69, 9.17) is 5.73 Å². The first-order valence-corrected chi connectivity index (χ1v) is 7.40. The van der Waals surface area contributed by atoms with Crippen LogP contribution < -0.4 is 11.1 Å². The van der Waals surface area contributed by atoms with Gasteiger partial charge in [-0.05, 0) is 48.7 Å². The van der Waals surface area contributed by atoms with Crippen molar-refractivity contribution in [1.29, 1.82) is 0 Å². The second-order valence-corrected chi connectivity index (χ2v) is 6.69. The van der Waals surface area contributed by atoms with Gasteiger partial charge in [0.2, 0.25) is 0 Å². The van der Waals surface area contributed by atoms with Gasteiger partial charge in [0.1, 0.15) is 5.69 Å². The maximum atomic E-state index is 12.5. The molecular formula is C14H25BrClN3O. The van der Waals surface area contributed by atoms with Gasteiger partial charge >= 0.3 is 0 Å². The summed E-state index contributed by atoms with van der Waals surface area (Å²) in [6.07, 6.45) is 1.93. The van der Waals surface area contributed by atoms with Crippen LogP contribution in [0.15, 0.2) is 16.7 Å². The minimum absolute atomic E-state index is 0. The quantitative estimate of drug-likeness (QED) is 0.839. The Hall–Kier alpha value is -0.520. The van der Waals surface area contributed by atoms with Gasteiger partial charge in [-0.2, -0.15) is 0 Å². The number of nitrogens with zero attached hydrogens (tertiary/aromatic N) is 1. The maximum absolute atomic E-state index is 12.5. The molecule has 1 aromatic heterocycles. The highest BCUT2D eigenvalue weighted by atomic mass is 79.9. The van der Waals surface area contributed by atoms with Crippen molar-refractivity contribution in [2.24, 2.45) is 11.7 Å². The van der Waals surface area contributed by atoms with Crippen LogP contribution in [0, 0.1) is 5.92 Å². The lowest BCUT2D eigenvalue weighted by Crippen LogP contribution is -2.55. The predicted molar refractivity (Wildman–Crippen MR) is 89.5 cm³/mol. The van der Waals surface area contributed by atoms with Crippen molar-refractivity contribution in [2.45, 2.75) is 46.2 Å². The molecule has 1 unspecified atom stereocenters. The van der Waals surface area contributed by atoms with E-state index in [1.165, 1.54) is 0 Å². The zero-order chi connectivity index (χ0) is 14.8. The number of halogens is 2. The molecule has 3 N–H and O–H groups in total. The average molecular weight is 367 g/mol. The highest BCUT2D eigenvalue weighted by molar-refractivity contribution is 9.10. The minimum Gasteiger partial charge on any atom is -0.344 e. The molecule has 0 aliphatic rings. The van der Waals surface area contributed by atoms with Gasteiger partial charge in [0.15, 0.2) is 0 Å². The molecule has 4 nitrogen and oxygen atoms in total. The number of hydrogen-bond donors (Lipinski definition) is 2. The normalized spacial score (nSPS) is 14.1. The zero-order valence-corrected chi connectivity index (χ0v) is 15.1. The van der Waals surface area contributed by atoms with E-state index in [1.54, 1.807) is 0 Å². The molecule has 0 saturated heterocycles. The number of nitrogens with two attached hydrogens (primary N) is 1. The third kappa shape index (κ3) is 4.24. The molecular weight excluding hydrogens is 342 g/mol. The third-order valence-corrected chi connectivity index (χ3v) is 4.14. The molecule has 0 aliphatic heterocycles. The smallest absolute Gasteiger partial charge is 0.268 e. The monoisotopic (exact) mass is 365 g/mol. The number of rotatable bonds is 5. The first-order valence-electron chi connectivity index (χ1n) is 6.61. The van der Waals surface area contributed by atoms with E-state index < -0.39 is 5.54 Å². The summed E-state index contributed by atoms with van der Waals surface area (Å²) in [6, 6.07) is 2.07. The Morgan fingerprint density at radius 1 is 1.45 bits per heavy atom. The van der Waals surface area contributed by atoms with E-state index in [9.17, 15) is 4.79 Å². The molecule has 116 valence electrons. The maximum Gasteiger partial charge on any atom is 0.268 e. The van der Waals surface area contributed by atoms with Crippen LogP contribution in [0.2, 0.25) is 0 Å². The number of hydrogen-bond acceptors (Lipinski definition) is 2. The van der Waals surface area contributed by atoms with E-state index in [1.807, 2.05) is 37.6 Å². The molecule has 20 heavy (non-hydrogen) atoms. The van der Waals surface area contributed by atoms with Gasteiger partial charge in [-0.3, -0.25) is 4.79 Å². The summed E-state index contributed by atoms with van der Waals surface area (Å²) in [7, 11) is 0. The number of aromatic nitrogens is 1. The molecule has 1 atom stereocenters. The summed E-state index contributed by atoms with van der Waals surface area (Å²) in [6.45, 7) is 10.6. The van der Waals surface area contributed by atoms with Crippen LogP contribution in [0.5, 0.6) is 0 Å². The number of carbonyl (C=O) groups excluding carboxylic acids is 1. The van der Waals surface area contributed by atoms with Crippen molar-refractivity contribution in [3.05, 3.63) is 22.4 Å². The first kappa shape index (κ1) is 19.5. The van der Waals surface area contributed by atoms with Gasteiger partial charge in [0, 0.05) is 23.3 Å². The van der Waals surface area contributed by atoms with Crippen LogP contribution in [0.3, 0.4) is 0 Å². The van der Waals surface area contributed by atoms with Crippen molar-refractivity contribution in [3.63, 3.8) is 0 Å². The van der Waals surface area contributed by atoms with Gasteiger partial charge in [0.05, 0.1) is 5.54 Å². The lowest BCUT2D eigenvalue weighted by Gasteiger charge is -2.33. The Kier molecular flexibility index (Phi) is 7.28. The minimum atomic E-state index is -0.393. The van der Waals surface area contributed by atoms with Crippen LogP contribution in [-0.4, -0.2) is 22.6 Å². The Morgan fingerprint density at radius 3 is 2.40 bits per heavy atom. The van der Waals surface area contributed by atoms with Crippen LogP contribution in [-0.2, 0) is 0 Å². The molecule has 1 aromatic rings. The second-order valence-electron chi connectivity index (χ2n) is 5.77. The molecule has 0 saturated carbocycles. The second kappa shape index (κ2) is 7.48.